The SMILES string of the molecule is COc1ccc([C@@H]2C(=C(O)c3ccc(Cl)cc3)C(=O)C(=O)N2C[C@H]2CCCO2)c(OC)c1. The molecule has 0 radical (unpaired) electrons. The van der Waals surface area contributed by atoms with Crippen molar-refractivity contribution < 1.29 is 28.9 Å². The number of rotatable bonds is 6. The largest absolute Gasteiger partial charge is 0.507 e. The summed E-state index contributed by atoms with van der Waals surface area (Å²) in [5.41, 5.74) is 0.960. The highest BCUT2D eigenvalue weighted by Gasteiger charge is 2.48. The Morgan fingerprint density at radius 2 is 1.91 bits per heavy atom. The number of aliphatic hydroxyl groups excluding tert-OH is 1. The molecule has 0 spiro atoms. The van der Waals surface area contributed by atoms with Crippen molar-refractivity contribution >= 4 is 29.1 Å². The minimum absolute atomic E-state index is 0.00112. The number of nitrogens with zero attached hydrogens (tertiary/aromatic N) is 1. The number of halogens is 1. The maximum Gasteiger partial charge on any atom is 0.295 e. The highest BCUT2D eigenvalue weighted by Crippen LogP contribution is 2.44. The van der Waals surface area contributed by atoms with Gasteiger partial charge in [-0.3, -0.25) is 9.59 Å². The fourth-order valence-corrected chi connectivity index (χ4v) is 4.33. The van der Waals surface area contributed by atoms with E-state index in [0.717, 1.165) is 12.8 Å². The summed E-state index contributed by atoms with van der Waals surface area (Å²) in [5, 5.41) is 11.6. The summed E-state index contributed by atoms with van der Waals surface area (Å²) < 4.78 is 16.6. The average molecular weight is 458 g/mol. The third-order valence-electron chi connectivity index (χ3n) is 5.82. The number of carbonyl (C=O) groups excluding carboxylic acids is 2. The molecular weight excluding hydrogens is 434 g/mol. The van der Waals surface area contributed by atoms with Crippen LogP contribution in [0.15, 0.2) is 48.0 Å². The number of ether oxygens (including phenoxy) is 3. The highest BCUT2D eigenvalue weighted by atomic mass is 35.5. The lowest BCUT2D eigenvalue weighted by Crippen LogP contribution is -2.36. The topological polar surface area (TPSA) is 85.3 Å². The summed E-state index contributed by atoms with van der Waals surface area (Å²) >= 11 is 5.97. The summed E-state index contributed by atoms with van der Waals surface area (Å²) in [6.07, 6.45) is 1.53. The van der Waals surface area contributed by atoms with E-state index in [0.29, 0.717) is 34.3 Å². The van der Waals surface area contributed by atoms with E-state index < -0.39 is 17.7 Å². The Morgan fingerprint density at radius 3 is 2.53 bits per heavy atom. The van der Waals surface area contributed by atoms with Crippen LogP contribution < -0.4 is 9.47 Å². The molecule has 4 rings (SSSR count). The van der Waals surface area contributed by atoms with Gasteiger partial charge in [0.15, 0.2) is 0 Å². The zero-order chi connectivity index (χ0) is 22.8. The van der Waals surface area contributed by atoms with Crippen molar-refractivity contribution in [1.82, 2.24) is 4.90 Å². The van der Waals surface area contributed by atoms with Crippen molar-refractivity contribution in [2.75, 3.05) is 27.4 Å². The van der Waals surface area contributed by atoms with Gasteiger partial charge in [0.25, 0.3) is 11.7 Å². The van der Waals surface area contributed by atoms with Crippen molar-refractivity contribution in [2.45, 2.75) is 25.0 Å². The van der Waals surface area contributed by atoms with Gasteiger partial charge in [-0.25, -0.2) is 0 Å². The first-order valence-corrected chi connectivity index (χ1v) is 10.7. The first-order chi connectivity index (χ1) is 15.4. The number of ketones is 1. The van der Waals surface area contributed by atoms with Crippen LogP contribution in [0.4, 0.5) is 0 Å². The van der Waals surface area contributed by atoms with Crippen LogP contribution in [-0.2, 0) is 14.3 Å². The molecule has 8 heteroatoms. The predicted molar refractivity (Wildman–Crippen MR) is 119 cm³/mol. The van der Waals surface area contributed by atoms with Crippen LogP contribution in [0, 0.1) is 0 Å². The first-order valence-electron chi connectivity index (χ1n) is 10.3. The zero-order valence-corrected chi connectivity index (χ0v) is 18.6. The van der Waals surface area contributed by atoms with Crippen molar-refractivity contribution in [2.24, 2.45) is 0 Å². The Balaban J connectivity index is 1.87. The van der Waals surface area contributed by atoms with Crippen LogP contribution in [0.25, 0.3) is 5.76 Å². The quantitative estimate of drug-likeness (QED) is 0.401. The number of hydrogen-bond acceptors (Lipinski definition) is 6. The fourth-order valence-electron chi connectivity index (χ4n) is 4.21. The van der Waals surface area contributed by atoms with Gasteiger partial charge in [0.1, 0.15) is 17.3 Å². The maximum absolute atomic E-state index is 13.1. The molecule has 2 saturated heterocycles. The molecule has 7 nitrogen and oxygen atoms in total. The van der Waals surface area contributed by atoms with E-state index in [1.54, 1.807) is 49.6 Å². The summed E-state index contributed by atoms with van der Waals surface area (Å²) in [6.45, 7) is 0.859. The first kappa shape index (κ1) is 22.2. The summed E-state index contributed by atoms with van der Waals surface area (Å²) in [4.78, 5) is 27.7. The van der Waals surface area contributed by atoms with Gasteiger partial charge in [0, 0.05) is 35.4 Å². The molecule has 2 aromatic carbocycles. The minimum Gasteiger partial charge on any atom is -0.507 e. The molecular formula is C24H24ClNO6. The highest BCUT2D eigenvalue weighted by molar-refractivity contribution is 6.46. The van der Waals surface area contributed by atoms with Crippen LogP contribution in [-0.4, -0.2) is 55.2 Å². The molecule has 0 saturated carbocycles. The molecule has 2 atom stereocenters. The molecule has 32 heavy (non-hydrogen) atoms. The van der Waals surface area contributed by atoms with Gasteiger partial charge in [-0.1, -0.05) is 11.6 Å². The Hall–Kier alpha value is -3.03. The van der Waals surface area contributed by atoms with Gasteiger partial charge in [-0.05, 0) is 49.2 Å². The van der Waals surface area contributed by atoms with Crippen molar-refractivity contribution in [3.63, 3.8) is 0 Å². The Kier molecular flexibility index (Phi) is 6.39. The number of benzene rings is 2. The molecule has 168 valence electrons. The molecule has 0 bridgehead atoms. The van der Waals surface area contributed by atoms with Crippen LogP contribution in [0.5, 0.6) is 11.5 Å². The summed E-state index contributed by atoms with van der Waals surface area (Å²) in [5.74, 6) is -0.690. The molecule has 2 heterocycles. The van der Waals surface area contributed by atoms with Crippen LogP contribution >= 0.6 is 11.6 Å². The lowest BCUT2D eigenvalue weighted by Gasteiger charge is -2.28. The van der Waals surface area contributed by atoms with Crippen LogP contribution in [0.2, 0.25) is 5.02 Å². The molecule has 2 aliphatic rings. The van der Waals surface area contributed by atoms with Gasteiger partial charge in [0.05, 0.1) is 31.9 Å². The second kappa shape index (κ2) is 9.22. The fraction of sp³-hybridized carbons (Fsp3) is 0.333. The number of hydrogen-bond donors (Lipinski definition) is 1. The van der Waals surface area contributed by atoms with Gasteiger partial charge >= 0.3 is 0 Å². The zero-order valence-electron chi connectivity index (χ0n) is 17.8. The third kappa shape index (κ3) is 4.06. The van der Waals surface area contributed by atoms with E-state index >= 15 is 0 Å². The van der Waals surface area contributed by atoms with E-state index in [2.05, 4.69) is 0 Å². The van der Waals surface area contributed by atoms with E-state index in [1.807, 2.05) is 0 Å². The smallest absolute Gasteiger partial charge is 0.295 e. The van der Waals surface area contributed by atoms with E-state index in [1.165, 1.54) is 12.0 Å². The molecule has 0 unspecified atom stereocenters. The van der Waals surface area contributed by atoms with Gasteiger partial charge in [-0.15, -0.1) is 0 Å². The molecule has 0 aromatic heterocycles. The van der Waals surface area contributed by atoms with Gasteiger partial charge < -0.3 is 24.2 Å². The summed E-state index contributed by atoms with van der Waals surface area (Å²) in [6, 6.07) is 10.8. The van der Waals surface area contributed by atoms with Crippen molar-refractivity contribution in [3.05, 3.63) is 64.2 Å². The molecule has 1 amide bonds. The van der Waals surface area contributed by atoms with E-state index in [-0.39, 0.29) is 24.0 Å². The maximum atomic E-state index is 13.1. The monoisotopic (exact) mass is 457 g/mol. The molecule has 2 aliphatic heterocycles. The molecule has 0 aliphatic carbocycles. The number of likely N-dealkylation sites (tertiary alicyclic amines) is 1. The second-order valence-corrected chi connectivity index (χ2v) is 8.14. The van der Waals surface area contributed by atoms with Crippen LogP contribution in [0.3, 0.4) is 0 Å². The van der Waals surface area contributed by atoms with Crippen molar-refractivity contribution in [1.29, 1.82) is 0 Å². The number of amides is 1. The standard InChI is InChI=1S/C24H24ClNO6/c1-30-16-9-10-18(19(12-16)31-2)21-20(22(27)14-5-7-15(25)8-6-14)23(28)24(29)26(21)13-17-4-3-11-32-17/h5-10,12,17,21,27H,3-4,11,13H2,1-2H3/t17-,21-/m1/s1. The normalized spacial score (nSPS) is 22.4. The van der Waals surface area contributed by atoms with E-state index in [4.69, 9.17) is 25.8 Å². The van der Waals surface area contributed by atoms with Gasteiger partial charge in [0.2, 0.25) is 0 Å². The lowest BCUT2D eigenvalue weighted by molar-refractivity contribution is -0.140. The second-order valence-electron chi connectivity index (χ2n) is 7.70. The third-order valence-corrected chi connectivity index (χ3v) is 6.07. The van der Waals surface area contributed by atoms with Gasteiger partial charge in [-0.2, -0.15) is 0 Å². The lowest BCUT2D eigenvalue weighted by atomic mass is 9.94. The number of aliphatic hydroxyl groups is 1. The number of Topliss-reactive ketones (excluding diaryl/α,β-unsaturated/α-hetero) is 1. The summed E-state index contributed by atoms with van der Waals surface area (Å²) in [7, 11) is 3.04. The Bertz CT molecular complexity index is 1060. The Morgan fingerprint density at radius 1 is 1.16 bits per heavy atom. The molecule has 2 aromatic rings. The molecule has 2 fully saturated rings. The minimum atomic E-state index is -0.837. The average Bonchev–Trinajstić information content (AvgIpc) is 3.41. The van der Waals surface area contributed by atoms with Crippen molar-refractivity contribution in [3.8, 4) is 11.5 Å². The van der Waals surface area contributed by atoms with E-state index in [9.17, 15) is 14.7 Å². The predicted octanol–water partition coefficient (Wildman–Crippen LogP) is 3.96. The molecule has 1 N–H and O–H groups in total. The number of methoxy groups -OCH3 is 2. The Labute approximate surface area is 191 Å². The number of carbonyl (C=O) groups is 2. The van der Waals surface area contributed by atoms with Crippen LogP contribution in [0.1, 0.15) is 30.0 Å².